The number of aliphatic hydroxyl groups excluding tert-OH is 2. The minimum atomic E-state index is -0.870. The first kappa shape index (κ1) is 15.6. The van der Waals surface area contributed by atoms with E-state index >= 15 is 0 Å². The molecule has 0 spiro atoms. The van der Waals surface area contributed by atoms with E-state index in [0.29, 0.717) is 6.61 Å². The molecular weight excluding hydrogens is 208 g/mol. The molecule has 4 heteroatoms. The molecule has 2 atom stereocenters. The Bertz CT molecular complexity index is 191. The standard InChI is InChI=1S/C12H24O4/c1-4-5-6-10(7-8-15-2)12(14)11(13)9-16-3/h7,11-14H,4-6,8-9H2,1-3H3/b10-7-. The first-order valence-electron chi connectivity index (χ1n) is 5.70. The van der Waals surface area contributed by atoms with Crippen molar-refractivity contribution >= 4 is 0 Å². The molecule has 0 aromatic rings. The van der Waals surface area contributed by atoms with E-state index in [1.165, 1.54) is 7.11 Å². The molecule has 0 aliphatic heterocycles. The van der Waals surface area contributed by atoms with E-state index in [2.05, 4.69) is 6.92 Å². The zero-order valence-corrected chi connectivity index (χ0v) is 10.5. The van der Waals surface area contributed by atoms with Gasteiger partial charge in [0.05, 0.1) is 13.2 Å². The van der Waals surface area contributed by atoms with Gasteiger partial charge in [0.15, 0.2) is 0 Å². The molecule has 0 rings (SSSR count). The SMILES string of the molecule is CCCC/C(=C/COC)C(O)C(O)COC. The van der Waals surface area contributed by atoms with E-state index < -0.39 is 12.2 Å². The number of hydrogen-bond donors (Lipinski definition) is 2. The lowest BCUT2D eigenvalue weighted by atomic mass is 9.99. The lowest BCUT2D eigenvalue weighted by Crippen LogP contribution is -2.32. The molecule has 0 saturated carbocycles. The van der Waals surface area contributed by atoms with Gasteiger partial charge in [-0.15, -0.1) is 0 Å². The Morgan fingerprint density at radius 1 is 1.25 bits per heavy atom. The molecule has 2 unspecified atom stereocenters. The minimum Gasteiger partial charge on any atom is -0.388 e. The fraction of sp³-hybridized carbons (Fsp3) is 0.833. The van der Waals surface area contributed by atoms with Gasteiger partial charge in [0.1, 0.15) is 12.2 Å². The van der Waals surface area contributed by atoms with Crippen molar-refractivity contribution < 1.29 is 19.7 Å². The zero-order valence-electron chi connectivity index (χ0n) is 10.5. The second-order valence-corrected chi connectivity index (χ2v) is 3.81. The van der Waals surface area contributed by atoms with Gasteiger partial charge in [0.25, 0.3) is 0 Å². The Morgan fingerprint density at radius 2 is 1.94 bits per heavy atom. The largest absolute Gasteiger partial charge is 0.388 e. The van der Waals surface area contributed by atoms with Crippen LogP contribution in [0.2, 0.25) is 0 Å². The molecule has 4 nitrogen and oxygen atoms in total. The van der Waals surface area contributed by atoms with Crippen molar-refractivity contribution in [3.05, 3.63) is 11.6 Å². The number of ether oxygens (including phenoxy) is 2. The Balaban J connectivity index is 4.35. The van der Waals surface area contributed by atoms with Gasteiger partial charge < -0.3 is 19.7 Å². The topological polar surface area (TPSA) is 58.9 Å². The predicted octanol–water partition coefficient (Wildman–Crippen LogP) is 1.12. The van der Waals surface area contributed by atoms with Crippen LogP contribution in [0, 0.1) is 0 Å². The highest BCUT2D eigenvalue weighted by molar-refractivity contribution is 5.10. The fourth-order valence-corrected chi connectivity index (χ4v) is 1.45. The molecule has 0 aromatic heterocycles. The van der Waals surface area contributed by atoms with Crippen LogP contribution in [0.1, 0.15) is 26.2 Å². The maximum absolute atomic E-state index is 9.91. The number of aliphatic hydroxyl groups is 2. The summed E-state index contributed by atoms with van der Waals surface area (Å²) in [5.41, 5.74) is 0.827. The molecule has 0 aliphatic rings. The maximum Gasteiger partial charge on any atom is 0.107 e. The molecule has 2 N–H and O–H groups in total. The molecule has 0 bridgehead atoms. The smallest absolute Gasteiger partial charge is 0.107 e. The van der Waals surface area contributed by atoms with E-state index in [4.69, 9.17) is 9.47 Å². The van der Waals surface area contributed by atoms with Gasteiger partial charge in [-0.05, 0) is 18.4 Å². The Hall–Kier alpha value is -0.420. The average Bonchev–Trinajstić information content (AvgIpc) is 2.29. The molecule has 0 amide bonds. The van der Waals surface area contributed by atoms with Crippen LogP contribution in [0.4, 0.5) is 0 Å². The lowest BCUT2D eigenvalue weighted by Gasteiger charge is -2.20. The van der Waals surface area contributed by atoms with Crippen LogP contribution in [0.15, 0.2) is 11.6 Å². The van der Waals surface area contributed by atoms with Crippen molar-refractivity contribution in [1.29, 1.82) is 0 Å². The van der Waals surface area contributed by atoms with Crippen molar-refractivity contribution in [3.8, 4) is 0 Å². The summed E-state index contributed by atoms with van der Waals surface area (Å²) < 4.78 is 9.76. The Morgan fingerprint density at radius 3 is 2.44 bits per heavy atom. The van der Waals surface area contributed by atoms with Gasteiger partial charge in [0.2, 0.25) is 0 Å². The summed E-state index contributed by atoms with van der Waals surface area (Å²) in [5.74, 6) is 0. The number of hydrogen-bond acceptors (Lipinski definition) is 4. The van der Waals surface area contributed by atoms with Crippen LogP contribution < -0.4 is 0 Å². The summed E-state index contributed by atoms with van der Waals surface area (Å²) in [7, 11) is 3.10. The van der Waals surface area contributed by atoms with Crippen molar-refractivity contribution in [3.63, 3.8) is 0 Å². The van der Waals surface area contributed by atoms with Gasteiger partial charge >= 0.3 is 0 Å². The predicted molar refractivity (Wildman–Crippen MR) is 63.4 cm³/mol. The van der Waals surface area contributed by atoms with Crippen LogP contribution >= 0.6 is 0 Å². The lowest BCUT2D eigenvalue weighted by molar-refractivity contribution is -0.0115. The second-order valence-electron chi connectivity index (χ2n) is 3.81. The van der Waals surface area contributed by atoms with Crippen LogP contribution in [-0.4, -0.2) is 49.9 Å². The van der Waals surface area contributed by atoms with Crippen molar-refractivity contribution in [2.75, 3.05) is 27.4 Å². The Kier molecular flexibility index (Phi) is 9.52. The monoisotopic (exact) mass is 232 g/mol. The second kappa shape index (κ2) is 9.78. The van der Waals surface area contributed by atoms with Crippen LogP contribution in [0.3, 0.4) is 0 Å². The summed E-state index contributed by atoms with van der Waals surface area (Å²) in [6.45, 7) is 2.68. The molecule has 16 heavy (non-hydrogen) atoms. The van der Waals surface area contributed by atoms with Crippen molar-refractivity contribution in [2.45, 2.75) is 38.4 Å². The van der Waals surface area contributed by atoms with E-state index in [1.54, 1.807) is 7.11 Å². The number of unbranched alkanes of at least 4 members (excludes halogenated alkanes) is 1. The van der Waals surface area contributed by atoms with Gasteiger partial charge in [-0.1, -0.05) is 19.4 Å². The third-order valence-corrected chi connectivity index (χ3v) is 2.41. The van der Waals surface area contributed by atoms with Crippen LogP contribution in [-0.2, 0) is 9.47 Å². The zero-order chi connectivity index (χ0) is 12.4. The molecule has 96 valence electrons. The fourth-order valence-electron chi connectivity index (χ4n) is 1.45. The van der Waals surface area contributed by atoms with E-state index in [0.717, 1.165) is 24.8 Å². The molecule has 0 saturated heterocycles. The number of methoxy groups -OCH3 is 2. The van der Waals surface area contributed by atoms with E-state index in [1.807, 2.05) is 6.08 Å². The van der Waals surface area contributed by atoms with Gasteiger partial charge in [-0.25, -0.2) is 0 Å². The third kappa shape index (κ3) is 6.23. The maximum atomic E-state index is 9.91. The highest BCUT2D eigenvalue weighted by Crippen LogP contribution is 2.15. The van der Waals surface area contributed by atoms with Gasteiger partial charge in [-0.2, -0.15) is 0 Å². The van der Waals surface area contributed by atoms with E-state index in [9.17, 15) is 10.2 Å². The minimum absolute atomic E-state index is 0.137. The summed E-state index contributed by atoms with van der Waals surface area (Å²) in [4.78, 5) is 0. The molecule has 0 heterocycles. The van der Waals surface area contributed by atoms with Gasteiger partial charge in [0, 0.05) is 14.2 Å². The average molecular weight is 232 g/mol. The summed E-state index contributed by atoms with van der Waals surface area (Å²) >= 11 is 0. The van der Waals surface area contributed by atoms with Crippen LogP contribution in [0.25, 0.3) is 0 Å². The molecule has 0 fully saturated rings. The highest BCUT2D eigenvalue weighted by atomic mass is 16.5. The highest BCUT2D eigenvalue weighted by Gasteiger charge is 2.19. The molecule has 0 aromatic carbocycles. The molecule has 0 aliphatic carbocycles. The summed E-state index contributed by atoms with van der Waals surface area (Å²) in [5, 5.41) is 19.5. The third-order valence-electron chi connectivity index (χ3n) is 2.41. The molecule has 0 radical (unpaired) electrons. The van der Waals surface area contributed by atoms with Crippen LogP contribution in [0.5, 0.6) is 0 Å². The summed E-state index contributed by atoms with van der Waals surface area (Å²) in [6, 6.07) is 0. The molecular formula is C12H24O4. The van der Waals surface area contributed by atoms with E-state index in [-0.39, 0.29) is 6.61 Å². The van der Waals surface area contributed by atoms with Crippen molar-refractivity contribution in [1.82, 2.24) is 0 Å². The first-order valence-corrected chi connectivity index (χ1v) is 5.70. The Labute approximate surface area is 97.9 Å². The first-order chi connectivity index (χ1) is 7.67. The number of rotatable bonds is 9. The van der Waals surface area contributed by atoms with Crippen molar-refractivity contribution in [2.24, 2.45) is 0 Å². The van der Waals surface area contributed by atoms with Gasteiger partial charge in [-0.3, -0.25) is 0 Å². The summed E-state index contributed by atoms with van der Waals surface area (Å²) in [6.07, 6.45) is 2.93. The normalized spacial score (nSPS) is 16.2. The quantitative estimate of drug-likeness (QED) is 0.585.